The number of benzene rings is 1. The molecule has 0 radical (unpaired) electrons. The third kappa shape index (κ3) is 2.69. The van der Waals surface area contributed by atoms with Gasteiger partial charge < -0.3 is 10.4 Å². The molecule has 20 heavy (non-hydrogen) atoms. The van der Waals surface area contributed by atoms with Gasteiger partial charge in [-0.25, -0.2) is 9.37 Å². The van der Waals surface area contributed by atoms with Crippen LogP contribution in [0.5, 0.6) is 5.75 Å². The van der Waals surface area contributed by atoms with Crippen LogP contribution < -0.4 is 5.32 Å². The second-order valence-corrected chi connectivity index (χ2v) is 3.74. The van der Waals surface area contributed by atoms with Crippen molar-refractivity contribution >= 4 is 17.3 Å². The van der Waals surface area contributed by atoms with E-state index in [0.717, 1.165) is 24.4 Å². The summed E-state index contributed by atoms with van der Waals surface area (Å²) < 4.78 is 12.7. The predicted molar refractivity (Wildman–Crippen MR) is 66.9 cm³/mol. The Morgan fingerprint density at radius 2 is 2.10 bits per heavy atom. The van der Waals surface area contributed by atoms with Gasteiger partial charge in [0.1, 0.15) is 17.3 Å². The third-order valence-electron chi connectivity index (χ3n) is 2.42. The predicted octanol–water partition coefficient (Wildman–Crippen LogP) is 2.09. The molecular formula is C12H8FN3O4. The lowest BCUT2D eigenvalue weighted by atomic mass is 10.2. The largest absolute Gasteiger partial charge is 0.505 e. The molecule has 0 aliphatic carbocycles. The smallest absolute Gasteiger partial charge is 0.296 e. The number of halogens is 1. The minimum Gasteiger partial charge on any atom is -0.505 e. The zero-order valence-corrected chi connectivity index (χ0v) is 9.91. The van der Waals surface area contributed by atoms with Crippen LogP contribution in [0, 0.1) is 15.9 Å². The summed E-state index contributed by atoms with van der Waals surface area (Å²) in [5.41, 5.74) is -0.932. The van der Waals surface area contributed by atoms with Crippen molar-refractivity contribution in [2.45, 2.75) is 0 Å². The normalized spacial score (nSPS) is 10.1. The molecule has 2 N–H and O–H groups in total. The van der Waals surface area contributed by atoms with Crippen LogP contribution in [0.15, 0.2) is 36.5 Å². The lowest BCUT2D eigenvalue weighted by Gasteiger charge is -2.07. The lowest BCUT2D eigenvalue weighted by Crippen LogP contribution is -2.14. The first-order valence-electron chi connectivity index (χ1n) is 5.38. The fourth-order valence-corrected chi connectivity index (χ4v) is 1.50. The Hall–Kier alpha value is -3.03. The van der Waals surface area contributed by atoms with Crippen molar-refractivity contribution < 1.29 is 19.2 Å². The highest BCUT2D eigenvalue weighted by molar-refractivity contribution is 6.05. The summed E-state index contributed by atoms with van der Waals surface area (Å²) in [5, 5.41) is 22.6. The number of hydrogen-bond donors (Lipinski definition) is 2. The number of rotatable bonds is 3. The molecule has 0 spiro atoms. The standard InChI is InChI=1S/C12H8FN3O4/c13-7-4-5-8(14-6-7)12(18)15-11-9(16(19)20)2-1-3-10(11)17/h1-6,17H,(H,15,18). The van der Waals surface area contributed by atoms with Crippen molar-refractivity contribution in [2.24, 2.45) is 0 Å². The molecule has 0 atom stereocenters. The van der Waals surface area contributed by atoms with E-state index in [1.165, 1.54) is 12.1 Å². The number of hydrogen-bond acceptors (Lipinski definition) is 5. The molecule has 0 saturated carbocycles. The highest BCUT2D eigenvalue weighted by Gasteiger charge is 2.20. The zero-order chi connectivity index (χ0) is 14.7. The van der Waals surface area contributed by atoms with E-state index >= 15 is 0 Å². The Balaban J connectivity index is 2.32. The van der Waals surface area contributed by atoms with Crippen molar-refractivity contribution in [1.82, 2.24) is 4.98 Å². The van der Waals surface area contributed by atoms with E-state index in [-0.39, 0.29) is 11.4 Å². The molecule has 7 nitrogen and oxygen atoms in total. The molecule has 0 saturated heterocycles. The van der Waals surface area contributed by atoms with E-state index in [4.69, 9.17) is 0 Å². The molecule has 1 amide bonds. The first-order chi connectivity index (χ1) is 9.49. The van der Waals surface area contributed by atoms with Gasteiger partial charge in [-0.3, -0.25) is 14.9 Å². The molecule has 2 aromatic rings. The van der Waals surface area contributed by atoms with Gasteiger partial charge >= 0.3 is 0 Å². The minimum atomic E-state index is -0.797. The van der Waals surface area contributed by atoms with E-state index in [0.29, 0.717) is 0 Å². The highest BCUT2D eigenvalue weighted by atomic mass is 19.1. The van der Waals surface area contributed by atoms with Crippen LogP contribution in [0.1, 0.15) is 10.5 Å². The maximum absolute atomic E-state index is 12.7. The number of carbonyl (C=O) groups is 1. The van der Waals surface area contributed by atoms with Crippen LogP contribution in [-0.4, -0.2) is 20.9 Å². The maximum Gasteiger partial charge on any atom is 0.296 e. The number of para-hydroxylation sites is 1. The minimum absolute atomic E-state index is 0.135. The Morgan fingerprint density at radius 1 is 1.35 bits per heavy atom. The number of aromatic nitrogens is 1. The maximum atomic E-state index is 12.7. The van der Waals surface area contributed by atoms with Gasteiger partial charge in [0.25, 0.3) is 11.6 Å². The monoisotopic (exact) mass is 277 g/mol. The first kappa shape index (κ1) is 13.4. The molecular weight excluding hydrogens is 269 g/mol. The fourth-order valence-electron chi connectivity index (χ4n) is 1.50. The van der Waals surface area contributed by atoms with Gasteiger partial charge in [0, 0.05) is 6.07 Å². The molecule has 8 heteroatoms. The van der Waals surface area contributed by atoms with Gasteiger partial charge in [-0.15, -0.1) is 0 Å². The van der Waals surface area contributed by atoms with Gasteiger partial charge in [0.05, 0.1) is 11.1 Å². The summed E-state index contributed by atoms with van der Waals surface area (Å²) >= 11 is 0. The molecule has 0 fully saturated rings. The molecule has 102 valence electrons. The number of nitro groups is 1. The summed E-state index contributed by atoms with van der Waals surface area (Å²) in [4.78, 5) is 25.4. The van der Waals surface area contributed by atoms with Crippen LogP contribution in [0.3, 0.4) is 0 Å². The number of nitro benzene ring substituents is 1. The summed E-state index contributed by atoms with van der Waals surface area (Å²) in [5.74, 6) is -1.86. The van der Waals surface area contributed by atoms with Gasteiger partial charge in [0.15, 0.2) is 5.69 Å². The van der Waals surface area contributed by atoms with Crippen molar-refractivity contribution in [2.75, 3.05) is 5.32 Å². The summed E-state index contributed by atoms with van der Waals surface area (Å²) in [6.45, 7) is 0. The zero-order valence-electron chi connectivity index (χ0n) is 9.91. The lowest BCUT2D eigenvalue weighted by molar-refractivity contribution is -0.384. The summed E-state index contributed by atoms with van der Waals surface area (Å²) in [6.07, 6.45) is 0.841. The van der Waals surface area contributed by atoms with E-state index in [9.17, 15) is 24.4 Å². The fraction of sp³-hybridized carbons (Fsp3) is 0. The van der Waals surface area contributed by atoms with Gasteiger partial charge in [-0.2, -0.15) is 0 Å². The average molecular weight is 277 g/mol. The van der Waals surface area contributed by atoms with Crippen LogP contribution in [0.2, 0.25) is 0 Å². The van der Waals surface area contributed by atoms with Crippen molar-refractivity contribution in [3.05, 3.63) is 58.2 Å². The summed E-state index contributed by atoms with van der Waals surface area (Å²) in [7, 11) is 0. The van der Waals surface area contributed by atoms with Crippen LogP contribution >= 0.6 is 0 Å². The number of anilines is 1. The van der Waals surface area contributed by atoms with Crippen LogP contribution in [0.25, 0.3) is 0 Å². The number of pyridine rings is 1. The highest BCUT2D eigenvalue weighted by Crippen LogP contribution is 2.33. The molecule has 0 unspecified atom stereocenters. The number of amides is 1. The van der Waals surface area contributed by atoms with Gasteiger partial charge in [-0.1, -0.05) is 6.07 Å². The van der Waals surface area contributed by atoms with Crippen LogP contribution in [0.4, 0.5) is 15.8 Å². The third-order valence-corrected chi connectivity index (χ3v) is 2.42. The van der Waals surface area contributed by atoms with E-state index in [1.807, 2.05) is 0 Å². The number of phenols is 1. The molecule has 0 bridgehead atoms. The van der Waals surface area contributed by atoms with Crippen molar-refractivity contribution in [1.29, 1.82) is 0 Å². The SMILES string of the molecule is O=C(Nc1c(O)cccc1[N+](=O)[O-])c1ccc(F)cn1. The number of aromatic hydroxyl groups is 1. The Bertz CT molecular complexity index is 673. The van der Waals surface area contributed by atoms with Crippen molar-refractivity contribution in [3.63, 3.8) is 0 Å². The second kappa shape index (κ2) is 5.31. The topological polar surface area (TPSA) is 105 Å². The van der Waals surface area contributed by atoms with E-state index in [2.05, 4.69) is 10.3 Å². The average Bonchev–Trinajstić information content (AvgIpc) is 2.41. The second-order valence-electron chi connectivity index (χ2n) is 3.74. The molecule has 0 aliphatic heterocycles. The van der Waals surface area contributed by atoms with E-state index < -0.39 is 28.1 Å². The molecule has 1 aromatic carbocycles. The number of carbonyl (C=O) groups excluding carboxylic acids is 1. The first-order valence-corrected chi connectivity index (χ1v) is 5.38. The van der Waals surface area contributed by atoms with Gasteiger partial charge in [0.2, 0.25) is 0 Å². The van der Waals surface area contributed by atoms with Gasteiger partial charge in [-0.05, 0) is 18.2 Å². The number of nitrogens with one attached hydrogen (secondary N) is 1. The Labute approximate surface area is 111 Å². The Morgan fingerprint density at radius 3 is 2.70 bits per heavy atom. The molecule has 1 heterocycles. The van der Waals surface area contributed by atoms with E-state index in [1.54, 1.807) is 0 Å². The Kier molecular flexibility index (Phi) is 3.56. The molecule has 1 aromatic heterocycles. The van der Waals surface area contributed by atoms with Crippen LogP contribution in [-0.2, 0) is 0 Å². The summed E-state index contributed by atoms with van der Waals surface area (Å²) in [6, 6.07) is 5.76. The molecule has 2 rings (SSSR count). The molecule has 0 aliphatic rings. The quantitative estimate of drug-likeness (QED) is 0.507. The van der Waals surface area contributed by atoms with Crippen molar-refractivity contribution in [3.8, 4) is 5.75 Å². The number of phenolic OH excluding ortho intramolecular Hbond substituents is 1. The number of nitrogens with zero attached hydrogens (tertiary/aromatic N) is 2.